The van der Waals surface area contributed by atoms with E-state index in [2.05, 4.69) is 10.0 Å². The monoisotopic (exact) mass is 478 g/mol. The van der Waals surface area contributed by atoms with E-state index in [-0.39, 0.29) is 27.6 Å². The van der Waals surface area contributed by atoms with Crippen molar-refractivity contribution in [3.8, 4) is 0 Å². The van der Waals surface area contributed by atoms with Crippen molar-refractivity contribution in [1.29, 1.82) is 0 Å². The zero-order chi connectivity index (χ0) is 22.6. The molecule has 0 aliphatic heterocycles. The first-order chi connectivity index (χ1) is 14.6. The molecule has 0 aliphatic carbocycles. The molecule has 0 aromatic heterocycles. The van der Waals surface area contributed by atoms with Gasteiger partial charge >= 0.3 is 5.97 Å². The number of rotatable bonds is 7. The standard InChI is InChI=1S/C21H16Cl2N2O5S/c22-14-4-7-16(8-5-14)24-21(28)18-12-15(23)6-9-19(18)25-31(29,30)17-3-1-2-13(10-17)11-20(26)27/h1-10,12,25H,11H2,(H,24,28)(H,26,27). The molecule has 160 valence electrons. The van der Waals surface area contributed by atoms with Gasteiger partial charge in [-0.25, -0.2) is 8.42 Å². The number of carboxylic acid groups (broad SMARTS) is 1. The molecule has 0 heterocycles. The second kappa shape index (κ2) is 9.38. The SMILES string of the molecule is O=C(O)Cc1cccc(S(=O)(=O)Nc2ccc(Cl)cc2C(=O)Nc2ccc(Cl)cc2)c1. The fraction of sp³-hybridized carbons (Fsp3) is 0.0476. The maximum absolute atomic E-state index is 12.9. The lowest BCUT2D eigenvalue weighted by molar-refractivity contribution is -0.136. The van der Waals surface area contributed by atoms with Crippen LogP contribution in [0.5, 0.6) is 0 Å². The van der Waals surface area contributed by atoms with Crippen LogP contribution >= 0.6 is 23.2 Å². The van der Waals surface area contributed by atoms with Crippen molar-refractivity contribution in [2.45, 2.75) is 11.3 Å². The van der Waals surface area contributed by atoms with Gasteiger partial charge in [0.15, 0.2) is 0 Å². The molecule has 31 heavy (non-hydrogen) atoms. The van der Waals surface area contributed by atoms with Crippen molar-refractivity contribution in [2.75, 3.05) is 10.0 Å². The Morgan fingerprint density at radius 2 is 1.58 bits per heavy atom. The van der Waals surface area contributed by atoms with E-state index in [4.69, 9.17) is 28.3 Å². The number of sulfonamides is 1. The van der Waals surface area contributed by atoms with E-state index in [0.717, 1.165) is 0 Å². The number of hydrogen-bond acceptors (Lipinski definition) is 4. The summed E-state index contributed by atoms with van der Waals surface area (Å²) in [4.78, 5) is 23.5. The zero-order valence-electron chi connectivity index (χ0n) is 15.8. The van der Waals surface area contributed by atoms with Crippen LogP contribution < -0.4 is 10.0 Å². The van der Waals surface area contributed by atoms with Crippen molar-refractivity contribution in [2.24, 2.45) is 0 Å². The molecular weight excluding hydrogens is 463 g/mol. The van der Waals surface area contributed by atoms with Gasteiger partial charge in [0, 0.05) is 15.7 Å². The van der Waals surface area contributed by atoms with Crippen LogP contribution in [0.25, 0.3) is 0 Å². The van der Waals surface area contributed by atoms with Crippen LogP contribution in [0, 0.1) is 0 Å². The third-order valence-corrected chi connectivity index (χ3v) is 5.99. The van der Waals surface area contributed by atoms with Crippen LogP contribution in [0.3, 0.4) is 0 Å². The summed E-state index contributed by atoms with van der Waals surface area (Å²) in [6, 6.07) is 16.1. The molecule has 3 rings (SSSR count). The third kappa shape index (κ3) is 5.97. The quantitative estimate of drug-likeness (QED) is 0.456. The predicted octanol–water partition coefficient (Wildman–Crippen LogP) is 4.67. The lowest BCUT2D eigenvalue weighted by atomic mass is 10.1. The Kier molecular flexibility index (Phi) is 6.84. The number of benzene rings is 3. The van der Waals surface area contributed by atoms with Gasteiger partial charge in [-0.1, -0.05) is 35.3 Å². The summed E-state index contributed by atoms with van der Waals surface area (Å²) in [6.07, 6.45) is -0.320. The topological polar surface area (TPSA) is 113 Å². The molecular formula is C21H16Cl2N2O5S. The molecule has 0 unspecified atom stereocenters. The van der Waals surface area contributed by atoms with Gasteiger partial charge in [-0.05, 0) is 60.2 Å². The van der Waals surface area contributed by atoms with Gasteiger partial charge in [0.2, 0.25) is 0 Å². The number of amides is 1. The zero-order valence-corrected chi connectivity index (χ0v) is 18.1. The Morgan fingerprint density at radius 1 is 0.903 bits per heavy atom. The van der Waals surface area contributed by atoms with Crippen LogP contribution in [0.4, 0.5) is 11.4 Å². The summed E-state index contributed by atoms with van der Waals surface area (Å²) < 4.78 is 28.1. The summed E-state index contributed by atoms with van der Waals surface area (Å²) in [5, 5.41) is 12.3. The maximum atomic E-state index is 12.9. The minimum atomic E-state index is -4.10. The van der Waals surface area contributed by atoms with E-state index < -0.39 is 21.9 Å². The summed E-state index contributed by atoms with van der Waals surface area (Å²) in [5.41, 5.74) is 0.809. The number of carbonyl (C=O) groups excluding carboxylic acids is 1. The van der Waals surface area contributed by atoms with Gasteiger partial charge in [-0.3, -0.25) is 14.3 Å². The maximum Gasteiger partial charge on any atom is 0.307 e. The first kappa shape index (κ1) is 22.6. The molecule has 0 saturated heterocycles. The minimum absolute atomic E-state index is 0.00714. The fourth-order valence-electron chi connectivity index (χ4n) is 2.73. The second-order valence-electron chi connectivity index (χ2n) is 6.47. The molecule has 10 heteroatoms. The summed E-state index contributed by atoms with van der Waals surface area (Å²) in [6.45, 7) is 0. The molecule has 0 aliphatic rings. The lowest BCUT2D eigenvalue weighted by Crippen LogP contribution is -2.19. The van der Waals surface area contributed by atoms with Crippen LogP contribution in [0.1, 0.15) is 15.9 Å². The lowest BCUT2D eigenvalue weighted by Gasteiger charge is -2.14. The Hall–Kier alpha value is -3.07. The van der Waals surface area contributed by atoms with Gasteiger partial charge in [-0.2, -0.15) is 0 Å². The van der Waals surface area contributed by atoms with E-state index in [0.29, 0.717) is 16.3 Å². The van der Waals surface area contributed by atoms with E-state index in [9.17, 15) is 18.0 Å². The van der Waals surface area contributed by atoms with Crippen LogP contribution in [0.15, 0.2) is 71.6 Å². The van der Waals surface area contributed by atoms with Gasteiger partial charge in [0.1, 0.15) is 0 Å². The Morgan fingerprint density at radius 3 is 2.26 bits per heavy atom. The Labute approximate surface area is 188 Å². The highest BCUT2D eigenvalue weighted by Gasteiger charge is 2.20. The van der Waals surface area contributed by atoms with Gasteiger partial charge < -0.3 is 10.4 Å². The highest BCUT2D eigenvalue weighted by molar-refractivity contribution is 7.92. The van der Waals surface area contributed by atoms with Crippen molar-refractivity contribution >= 4 is 56.5 Å². The molecule has 0 bridgehead atoms. The van der Waals surface area contributed by atoms with Gasteiger partial charge in [0.05, 0.1) is 22.6 Å². The van der Waals surface area contributed by atoms with Crippen LogP contribution in [-0.2, 0) is 21.2 Å². The fourth-order valence-corrected chi connectivity index (χ4v) is 4.17. The number of nitrogens with one attached hydrogen (secondary N) is 2. The molecule has 3 aromatic rings. The number of hydrogen-bond donors (Lipinski definition) is 3. The normalized spacial score (nSPS) is 11.0. The van der Waals surface area contributed by atoms with Crippen molar-refractivity contribution in [3.05, 3.63) is 87.9 Å². The van der Waals surface area contributed by atoms with E-state index in [1.807, 2.05) is 0 Å². The average molecular weight is 479 g/mol. The Bertz CT molecular complexity index is 1240. The summed E-state index contributed by atoms with van der Waals surface area (Å²) in [5.74, 6) is -1.66. The third-order valence-electron chi connectivity index (χ3n) is 4.14. The predicted molar refractivity (Wildman–Crippen MR) is 119 cm³/mol. The number of carbonyl (C=O) groups is 2. The molecule has 0 saturated carbocycles. The second-order valence-corrected chi connectivity index (χ2v) is 9.03. The average Bonchev–Trinajstić information content (AvgIpc) is 2.70. The first-order valence-corrected chi connectivity index (χ1v) is 11.1. The number of anilines is 2. The number of carboxylic acids is 1. The van der Waals surface area contributed by atoms with Gasteiger partial charge in [-0.15, -0.1) is 0 Å². The van der Waals surface area contributed by atoms with Crippen LogP contribution in [0.2, 0.25) is 10.0 Å². The minimum Gasteiger partial charge on any atom is -0.481 e. The summed E-state index contributed by atoms with van der Waals surface area (Å²) in [7, 11) is -4.10. The number of aliphatic carboxylic acids is 1. The Balaban J connectivity index is 1.90. The van der Waals surface area contributed by atoms with Crippen molar-refractivity contribution in [3.63, 3.8) is 0 Å². The van der Waals surface area contributed by atoms with Crippen molar-refractivity contribution in [1.82, 2.24) is 0 Å². The molecule has 3 aromatic carbocycles. The molecule has 1 amide bonds. The van der Waals surface area contributed by atoms with Crippen molar-refractivity contribution < 1.29 is 23.1 Å². The molecule has 3 N–H and O–H groups in total. The van der Waals surface area contributed by atoms with E-state index in [1.54, 1.807) is 24.3 Å². The largest absolute Gasteiger partial charge is 0.481 e. The molecule has 7 nitrogen and oxygen atoms in total. The van der Waals surface area contributed by atoms with Gasteiger partial charge in [0.25, 0.3) is 15.9 Å². The molecule has 0 atom stereocenters. The smallest absolute Gasteiger partial charge is 0.307 e. The highest BCUT2D eigenvalue weighted by Crippen LogP contribution is 2.25. The first-order valence-electron chi connectivity index (χ1n) is 8.84. The van der Waals surface area contributed by atoms with Crippen LogP contribution in [-0.4, -0.2) is 25.4 Å². The molecule has 0 radical (unpaired) electrons. The summed E-state index contributed by atoms with van der Waals surface area (Å²) >= 11 is 11.9. The number of halogens is 2. The van der Waals surface area contributed by atoms with E-state index in [1.165, 1.54) is 42.5 Å². The highest BCUT2D eigenvalue weighted by atomic mass is 35.5. The van der Waals surface area contributed by atoms with E-state index >= 15 is 0 Å². The molecule has 0 spiro atoms. The molecule has 0 fully saturated rings.